The summed E-state index contributed by atoms with van der Waals surface area (Å²) < 4.78 is 0. The predicted molar refractivity (Wildman–Crippen MR) is 110 cm³/mol. The molecule has 4 nitrogen and oxygen atoms in total. The molecule has 2 aromatic rings. The van der Waals surface area contributed by atoms with Crippen LogP contribution in [0.25, 0.3) is 0 Å². The normalized spacial score (nSPS) is 22.8. The lowest BCUT2D eigenvalue weighted by molar-refractivity contribution is -0.120. The fourth-order valence-corrected chi connectivity index (χ4v) is 4.54. The molecular formula is C20H20Cl3N3O. The van der Waals surface area contributed by atoms with Crippen molar-refractivity contribution < 1.29 is 4.79 Å². The number of nitrogens with zero attached hydrogens (tertiary/aromatic N) is 2. The fraction of sp³-hybridized carbons (Fsp3) is 0.400. The van der Waals surface area contributed by atoms with Gasteiger partial charge < -0.3 is 5.32 Å². The van der Waals surface area contributed by atoms with Crippen molar-refractivity contribution in [2.45, 2.75) is 31.2 Å². The predicted octanol–water partition coefficient (Wildman–Crippen LogP) is 5.25. The van der Waals surface area contributed by atoms with E-state index in [0.29, 0.717) is 26.9 Å². The lowest BCUT2D eigenvalue weighted by Gasteiger charge is -2.27. The lowest BCUT2D eigenvalue weighted by atomic mass is 9.91. The quantitative estimate of drug-likeness (QED) is 0.667. The molecule has 2 heterocycles. The average Bonchev–Trinajstić information content (AvgIpc) is 3.30. The molecule has 0 radical (unpaired) electrons. The first-order chi connectivity index (χ1) is 13.0. The zero-order valence-electron chi connectivity index (χ0n) is 14.7. The van der Waals surface area contributed by atoms with Crippen LogP contribution in [0.4, 0.5) is 5.69 Å². The number of carbonyl (C=O) groups excluding carboxylic acids is 1. The monoisotopic (exact) mass is 423 g/mol. The zero-order valence-corrected chi connectivity index (χ0v) is 16.9. The maximum Gasteiger partial charge on any atom is 0.242 e. The van der Waals surface area contributed by atoms with Crippen molar-refractivity contribution in [3.63, 3.8) is 0 Å². The molecule has 1 saturated heterocycles. The van der Waals surface area contributed by atoms with Crippen LogP contribution in [0.1, 0.15) is 30.7 Å². The van der Waals surface area contributed by atoms with Gasteiger partial charge in [0.2, 0.25) is 5.91 Å². The van der Waals surface area contributed by atoms with E-state index >= 15 is 0 Å². The Labute approximate surface area is 173 Å². The van der Waals surface area contributed by atoms with Crippen molar-refractivity contribution in [3.8, 4) is 0 Å². The molecule has 0 spiro atoms. The van der Waals surface area contributed by atoms with E-state index in [9.17, 15) is 4.79 Å². The standard InChI is InChI=1S/C20H20Cl3N3O/c21-14-2-1-3-15(10-14)24-20(27)19-16(6-7-26(19)11-12-4-5-12)13-8-17(22)25-18(23)9-13/h1-3,8-10,12,16,19H,4-7,11H2,(H,24,27). The molecule has 1 aliphatic heterocycles. The Morgan fingerprint density at radius 2 is 1.85 bits per heavy atom. The largest absolute Gasteiger partial charge is 0.325 e. The van der Waals surface area contributed by atoms with Gasteiger partial charge >= 0.3 is 0 Å². The van der Waals surface area contributed by atoms with Crippen LogP contribution < -0.4 is 5.32 Å². The van der Waals surface area contributed by atoms with E-state index in [1.165, 1.54) is 12.8 Å². The maximum absolute atomic E-state index is 13.2. The molecule has 1 aliphatic carbocycles. The van der Waals surface area contributed by atoms with E-state index in [1.807, 2.05) is 24.3 Å². The first-order valence-corrected chi connectivity index (χ1v) is 10.3. The molecule has 2 atom stereocenters. The molecule has 4 rings (SSSR count). The van der Waals surface area contributed by atoms with Crippen LogP contribution in [-0.2, 0) is 4.79 Å². The van der Waals surface area contributed by atoms with Crippen LogP contribution in [-0.4, -0.2) is 34.9 Å². The highest BCUT2D eigenvalue weighted by atomic mass is 35.5. The SMILES string of the molecule is O=C(Nc1cccc(Cl)c1)C1C(c2cc(Cl)nc(Cl)c2)CCN1CC1CC1. The lowest BCUT2D eigenvalue weighted by Crippen LogP contribution is -2.43. The summed E-state index contributed by atoms with van der Waals surface area (Å²) in [5.74, 6) is 0.709. The smallest absolute Gasteiger partial charge is 0.242 e. The minimum Gasteiger partial charge on any atom is -0.325 e. The van der Waals surface area contributed by atoms with Crippen LogP contribution in [0.5, 0.6) is 0 Å². The first kappa shape index (κ1) is 19.0. The van der Waals surface area contributed by atoms with Crippen molar-refractivity contribution in [1.82, 2.24) is 9.88 Å². The third-order valence-electron chi connectivity index (χ3n) is 5.27. The summed E-state index contributed by atoms with van der Waals surface area (Å²) >= 11 is 18.3. The maximum atomic E-state index is 13.2. The van der Waals surface area contributed by atoms with Crippen LogP contribution in [0.2, 0.25) is 15.3 Å². The number of amides is 1. The molecule has 2 aliphatic rings. The number of nitrogens with one attached hydrogen (secondary N) is 1. The Balaban J connectivity index is 1.60. The molecular weight excluding hydrogens is 405 g/mol. The second-order valence-corrected chi connectivity index (χ2v) is 8.53. The molecule has 1 amide bonds. The van der Waals surface area contributed by atoms with E-state index in [-0.39, 0.29) is 17.9 Å². The minimum absolute atomic E-state index is 0.0236. The Hall–Kier alpha value is -1.33. The second-order valence-electron chi connectivity index (χ2n) is 7.32. The van der Waals surface area contributed by atoms with Gasteiger partial charge in [-0.15, -0.1) is 0 Å². The number of rotatable bonds is 5. The fourth-order valence-electron chi connectivity index (χ4n) is 3.87. The molecule has 1 N–H and O–H groups in total. The minimum atomic E-state index is -0.265. The molecule has 7 heteroatoms. The van der Waals surface area contributed by atoms with Gasteiger partial charge in [-0.3, -0.25) is 9.69 Å². The molecule has 142 valence electrons. The zero-order chi connectivity index (χ0) is 19.0. The van der Waals surface area contributed by atoms with E-state index in [0.717, 1.165) is 25.1 Å². The van der Waals surface area contributed by atoms with Crippen LogP contribution in [0, 0.1) is 5.92 Å². The van der Waals surface area contributed by atoms with Gasteiger partial charge in [0.15, 0.2) is 0 Å². The summed E-state index contributed by atoms with van der Waals surface area (Å²) in [5.41, 5.74) is 1.67. The first-order valence-electron chi connectivity index (χ1n) is 9.13. The van der Waals surface area contributed by atoms with E-state index < -0.39 is 0 Å². The molecule has 2 fully saturated rings. The van der Waals surface area contributed by atoms with Crippen molar-refractivity contribution in [1.29, 1.82) is 0 Å². The number of benzene rings is 1. The Kier molecular flexibility index (Phi) is 5.60. The van der Waals surface area contributed by atoms with Gasteiger partial charge in [0.25, 0.3) is 0 Å². The molecule has 0 bridgehead atoms. The Morgan fingerprint density at radius 1 is 1.11 bits per heavy atom. The highest BCUT2D eigenvalue weighted by Gasteiger charge is 2.42. The van der Waals surface area contributed by atoms with Crippen molar-refractivity contribution in [2.24, 2.45) is 5.92 Å². The van der Waals surface area contributed by atoms with Crippen molar-refractivity contribution in [2.75, 3.05) is 18.4 Å². The number of halogens is 3. The highest BCUT2D eigenvalue weighted by molar-refractivity contribution is 6.32. The Morgan fingerprint density at radius 3 is 2.52 bits per heavy atom. The molecule has 1 aromatic heterocycles. The second kappa shape index (κ2) is 7.96. The van der Waals surface area contributed by atoms with Crippen molar-refractivity contribution >= 4 is 46.4 Å². The topological polar surface area (TPSA) is 45.2 Å². The molecule has 1 aromatic carbocycles. The third-order valence-corrected chi connectivity index (χ3v) is 5.89. The summed E-state index contributed by atoms with van der Waals surface area (Å²) in [7, 11) is 0. The van der Waals surface area contributed by atoms with E-state index in [2.05, 4.69) is 15.2 Å². The van der Waals surface area contributed by atoms with E-state index in [1.54, 1.807) is 12.1 Å². The molecule has 27 heavy (non-hydrogen) atoms. The average molecular weight is 425 g/mol. The van der Waals surface area contributed by atoms with Crippen LogP contribution >= 0.6 is 34.8 Å². The summed E-state index contributed by atoms with van der Waals surface area (Å²) in [4.78, 5) is 19.5. The van der Waals surface area contributed by atoms with Gasteiger partial charge in [-0.05, 0) is 67.6 Å². The van der Waals surface area contributed by atoms with Gasteiger partial charge in [0.1, 0.15) is 10.3 Å². The van der Waals surface area contributed by atoms with Crippen molar-refractivity contribution in [3.05, 3.63) is 57.3 Å². The van der Waals surface area contributed by atoms with Crippen LogP contribution in [0.15, 0.2) is 36.4 Å². The van der Waals surface area contributed by atoms with Gasteiger partial charge in [-0.2, -0.15) is 0 Å². The Bertz CT molecular complexity index is 836. The number of hydrogen-bond donors (Lipinski definition) is 1. The number of hydrogen-bond acceptors (Lipinski definition) is 3. The van der Waals surface area contributed by atoms with Gasteiger partial charge in [0, 0.05) is 23.2 Å². The number of carbonyl (C=O) groups is 1. The van der Waals surface area contributed by atoms with Gasteiger partial charge in [-0.25, -0.2) is 4.98 Å². The van der Waals surface area contributed by atoms with Crippen LogP contribution in [0.3, 0.4) is 0 Å². The summed E-state index contributed by atoms with van der Waals surface area (Å²) in [6.45, 7) is 1.84. The number of likely N-dealkylation sites (tertiary alicyclic amines) is 1. The summed E-state index contributed by atoms with van der Waals surface area (Å²) in [5, 5.41) is 4.33. The van der Waals surface area contributed by atoms with Gasteiger partial charge in [0.05, 0.1) is 6.04 Å². The number of anilines is 1. The summed E-state index contributed by atoms with van der Waals surface area (Å²) in [6, 6.07) is 10.6. The molecule has 2 unspecified atom stereocenters. The summed E-state index contributed by atoms with van der Waals surface area (Å²) in [6.07, 6.45) is 3.38. The van der Waals surface area contributed by atoms with E-state index in [4.69, 9.17) is 34.8 Å². The number of aromatic nitrogens is 1. The van der Waals surface area contributed by atoms with Gasteiger partial charge in [-0.1, -0.05) is 40.9 Å². The molecule has 1 saturated carbocycles. The highest BCUT2D eigenvalue weighted by Crippen LogP contribution is 2.39. The third kappa shape index (κ3) is 4.57. The number of pyridine rings is 1.